The molecule has 2 heterocycles. The zero-order chi connectivity index (χ0) is 21.8. The Morgan fingerprint density at radius 3 is 2.35 bits per heavy atom. The summed E-state index contributed by atoms with van der Waals surface area (Å²) in [5, 5.41) is 0. The first kappa shape index (κ1) is 21.9. The van der Waals surface area contributed by atoms with Crippen molar-refractivity contribution in [2.45, 2.75) is 23.5 Å². The predicted molar refractivity (Wildman–Crippen MR) is 125 cm³/mol. The van der Waals surface area contributed by atoms with E-state index in [2.05, 4.69) is 29.0 Å². The number of rotatable bonds is 6. The van der Waals surface area contributed by atoms with Gasteiger partial charge in [-0.2, -0.15) is 0 Å². The van der Waals surface area contributed by atoms with Gasteiger partial charge in [-0.1, -0.05) is 54.1 Å². The molecule has 1 aromatic heterocycles. The van der Waals surface area contributed by atoms with Crippen LogP contribution in [0.5, 0.6) is 0 Å². The summed E-state index contributed by atoms with van der Waals surface area (Å²) in [6.45, 7) is 1.33. The average molecular weight is 475 g/mol. The zero-order valence-electron chi connectivity index (χ0n) is 16.8. The molecule has 3 aromatic rings. The van der Waals surface area contributed by atoms with Crippen LogP contribution in [-0.4, -0.2) is 32.3 Å². The summed E-state index contributed by atoms with van der Waals surface area (Å²) >= 11 is 6.86. The van der Waals surface area contributed by atoms with Crippen molar-refractivity contribution in [3.63, 3.8) is 0 Å². The quantitative estimate of drug-likeness (QED) is 0.527. The fourth-order valence-electron chi connectivity index (χ4n) is 3.85. The van der Waals surface area contributed by atoms with E-state index in [4.69, 9.17) is 11.6 Å². The largest absolute Gasteiger partial charge is 0.339 e. The molecule has 0 saturated carbocycles. The summed E-state index contributed by atoms with van der Waals surface area (Å²) in [6.07, 6.45) is 2.88. The van der Waals surface area contributed by atoms with Crippen LogP contribution in [0.2, 0.25) is 4.34 Å². The topological polar surface area (TPSA) is 66.5 Å². The van der Waals surface area contributed by atoms with Gasteiger partial charge in [-0.3, -0.25) is 9.52 Å². The predicted octanol–water partition coefficient (Wildman–Crippen LogP) is 5.30. The number of carbonyl (C=O) groups is 1. The first-order chi connectivity index (χ1) is 14.9. The van der Waals surface area contributed by atoms with Crippen LogP contribution in [0.4, 0.5) is 5.69 Å². The van der Waals surface area contributed by atoms with Gasteiger partial charge < -0.3 is 4.90 Å². The third-order valence-corrected chi connectivity index (χ3v) is 8.57. The lowest BCUT2D eigenvalue weighted by atomic mass is 9.90. The van der Waals surface area contributed by atoms with Gasteiger partial charge in [-0.05, 0) is 55.0 Å². The minimum Gasteiger partial charge on any atom is -0.339 e. The Morgan fingerprint density at radius 2 is 1.68 bits per heavy atom. The van der Waals surface area contributed by atoms with Crippen molar-refractivity contribution in [3.8, 4) is 0 Å². The lowest BCUT2D eigenvalue weighted by Gasteiger charge is -2.32. The molecular formula is C23H23ClN2O3S2. The molecule has 1 amide bonds. The van der Waals surface area contributed by atoms with Gasteiger partial charge in [-0.15, -0.1) is 11.3 Å². The first-order valence-corrected chi connectivity index (χ1v) is 12.8. The molecular weight excluding hydrogens is 452 g/mol. The summed E-state index contributed by atoms with van der Waals surface area (Å²) in [7, 11) is -3.81. The molecule has 0 spiro atoms. The Kier molecular flexibility index (Phi) is 6.65. The number of amides is 1. The molecule has 162 valence electrons. The SMILES string of the molecule is O=C(c1ccccc1NS(=O)(=O)c1ccc(Cl)s1)N1CCC(Cc2ccccc2)CC1. The van der Waals surface area contributed by atoms with E-state index < -0.39 is 10.0 Å². The molecule has 0 bridgehead atoms. The molecule has 0 atom stereocenters. The average Bonchev–Trinajstić information content (AvgIpc) is 3.22. The number of piperidine rings is 1. The first-order valence-electron chi connectivity index (χ1n) is 10.1. The molecule has 1 N–H and O–H groups in total. The maximum Gasteiger partial charge on any atom is 0.271 e. The van der Waals surface area contributed by atoms with Crippen molar-refractivity contribution in [3.05, 3.63) is 82.2 Å². The molecule has 5 nitrogen and oxygen atoms in total. The van der Waals surface area contributed by atoms with E-state index in [0.29, 0.717) is 28.9 Å². The van der Waals surface area contributed by atoms with E-state index in [0.717, 1.165) is 30.6 Å². The van der Waals surface area contributed by atoms with Crippen LogP contribution >= 0.6 is 22.9 Å². The van der Waals surface area contributed by atoms with E-state index in [-0.39, 0.29) is 15.8 Å². The number of carbonyl (C=O) groups excluding carboxylic acids is 1. The summed E-state index contributed by atoms with van der Waals surface area (Å²) in [6, 6.07) is 20.1. The number of anilines is 1. The number of likely N-dealkylation sites (tertiary alicyclic amines) is 1. The summed E-state index contributed by atoms with van der Waals surface area (Å²) in [5.41, 5.74) is 1.96. The number of hydrogen-bond donors (Lipinski definition) is 1. The van der Waals surface area contributed by atoms with Gasteiger partial charge >= 0.3 is 0 Å². The highest BCUT2D eigenvalue weighted by atomic mass is 35.5. The van der Waals surface area contributed by atoms with Crippen molar-refractivity contribution in [1.29, 1.82) is 0 Å². The number of nitrogens with one attached hydrogen (secondary N) is 1. The third kappa shape index (κ3) is 5.29. The molecule has 0 unspecified atom stereocenters. The van der Waals surface area contributed by atoms with Crippen LogP contribution < -0.4 is 4.72 Å². The van der Waals surface area contributed by atoms with Crippen LogP contribution in [0, 0.1) is 5.92 Å². The second kappa shape index (κ2) is 9.42. The molecule has 31 heavy (non-hydrogen) atoms. The molecule has 1 saturated heterocycles. The Hall–Kier alpha value is -2.35. The maximum atomic E-state index is 13.2. The highest BCUT2D eigenvalue weighted by molar-refractivity contribution is 7.94. The van der Waals surface area contributed by atoms with E-state index in [1.165, 1.54) is 17.7 Å². The smallest absolute Gasteiger partial charge is 0.271 e. The minimum absolute atomic E-state index is 0.112. The molecule has 2 aromatic carbocycles. The van der Waals surface area contributed by atoms with Gasteiger partial charge in [0.1, 0.15) is 4.21 Å². The number of thiophene rings is 1. The van der Waals surface area contributed by atoms with Crippen LogP contribution in [0.1, 0.15) is 28.8 Å². The van der Waals surface area contributed by atoms with Crippen molar-refractivity contribution in [1.82, 2.24) is 4.90 Å². The van der Waals surface area contributed by atoms with E-state index in [1.54, 1.807) is 24.3 Å². The fraction of sp³-hybridized carbons (Fsp3) is 0.261. The Balaban J connectivity index is 1.44. The number of nitrogens with zero attached hydrogens (tertiary/aromatic N) is 1. The highest BCUT2D eigenvalue weighted by Gasteiger charge is 2.26. The molecule has 8 heteroatoms. The number of benzene rings is 2. The normalized spacial score (nSPS) is 15.1. The van der Waals surface area contributed by atoms with Gasteiger partial charge in [0.2, 0.25) is 0 Å². The molecule has 1 fully saturated rings. The second-order valence-corrected chi connectivity index (χ2v) is 11.3. The van der Waals surface area contributed by atoms with Crippen molar-refractivity contribution >= 4 is 44.6 Å². The van der Waals surface area contributed by atoms with Crippen molar-refractivity contribution in [2.75, 3.05) is 17.8 Å². The van der Waals surface area contributed by atoms with Gasteiger partial charge in [0.15, 0.2) is 0 Å². The molecule has 4 rings (SSSR count). The second-order valence-electron chi connectivity index (χ2n) is 7.63. The van der Waals surface area contributed by atoms with Gasteiger partial charge in [0.05, 0.1) is 15.6 Å². The third-order valence-electron chi connectivity index (χ3n) is 5.48. The van der Waals surface area contributed by atoms with E-state index in [1.807, 2.05) is 11.0 Å². The van der Waals surface area contributed by atoms with Crippen LogP contribution in [-0.2, 0) is 16.4 Å². The number of para-hydroxylation sites is 1. The Labute approximate surface area is 191 Å². The molecule has 1 aliphatic heterocycles. The lowest BCUT2D eigenvalue weighted by Crippen LogP contribution is -2.39. The lowest BCUT2D eigenvalue weighted by molar-refractivity contribution is 0.0691. The maximum absolute atomic E-state index is 13.2. The van der Waals surface area contributed by atoms with Gasteiger partial charge in [-0.25, -0.2) is 8.42 Å². The molecule has 0 aliphatic carbocycles. The van der Waals surface area contributed by atoms with Gasteiger partial charge in [0.25, 0.3) is 15.9 Å². The Bertz CT molecular complexity index is 1150. The summed E-state index contributed by atoms with van der Waals surface area (Å²) in [5.74, 6) is 0.393. The monoisotopic (exact) mass is 474 g/mol. The van der Waals surface area contributed by atoms with Crippen LogP contribution in [0.15, 0.2) is 70.9 Å². The molecule has 1 aliphatic rings. The zero-order valence-corrected chi connectivity index (χ0v) is 19.2. The summed E-state index contributed by atoms with van der Waals surface area (Å²) in [4.78, 5) is 15.0. The minimum atomic E-state index is -3.81. The van der Waals surface area contributed by atoms with Crippen LogP contribution in [0.3, 0.4) is 0 Å². The van der Waals surface area contributed by atoms with Crippen molar-refractivity contribution in [2.24, 2.45) is 5.92 Å². The highest BCUT2D eigenvalue weighted by Crippen LogP contribution is 2.29. The Morgan fingerprint density at radius 1 is 1.00 bits per heavy atom. The van der Waals surface area contributed by atoms with E-state index >= 15 is 0 Å². The fourth-order valence-corrected chi connectivity index (χ4v) is 6.42. The van der Waals surface area contributed by atoms with Crippen molar-refractivity contribution < 1.29 is 13.2 Å². The van der Waals surface area contributed by atoms with Crippen LogP contribution in [0.25, 0.3) is 0 Å². The molecule has 0 radical (unpaired) electrons. The number of sulfonamides is 1. The van der Waals surface area contributed by atoms with E-state index in [9.17, 15) is 13.2 Å². The number of hydrogen-bond acceptors (Lipinski definition) is 4. The summed E-state index contributed by atoms with van der Waals surface area (Å²) < 4.78 is 28.5. The van der Waals surface area contributed by atoms with Gasteiger partial charge in [0, 0.05) is 13.1 Å². The standard InChI is InChI=1S/C23H23ClN2O3S2/c24-21-10-11-22(30-21)31(28,29)25-20-9-5-4-8-19(20)23(27)26-14-12-18(13-15-26)16-17-6-2-1-3-7-17/h1-11,18,25H,12-16H2. The number of halogens is 1.